The smallest absolute Gasteiger partial charge is 0.271 e. The molecule has 0 rings (SSSR count). The Morgan fingerprint density at radius 2 is 1.12 bits per heavy atom. The van der Waals surface area contributed by atoms with E-state index in [1.54, 1.807) is 0 Å². The summed E-state index contributed by atoms with van der Waals surface area (Å²) in [4.78, 5) is 0. The Kier molecular flexibility index (Phi) is 7.02. The molecule has 0 heterocycles. The van der Waals surface area contributed by atoms with Crippen LogP contribution in [0.25, 0.3) is 0 Å². The lowest BCUT2D eigenvalue weighted by atomic mass is 9.67. The first-order valence-electron chi connectivity index (χ1n) is 8.03. The molecule has 0 aliphatic rings. The largest absolute Gasteiger partial charge is 0.424 e. The van der Waals surface area contributed by atoms with Gasteiger partial charge in [-0.25, -0.2) is 8.78 Å². The second kappa shape index (κ2) is 7.19. The maximum atomic E-state index is 15.5. The van der Waals surface area contributed by atoms with Gasteiger partial charge in [0.2, 0.25) is 0 Å². The van der Waals surface area contributed by atoms with Gasteiger partial charge in [-0.1, -0.05) is 41.5 Å². The first-order valence-corrected chi connectivity index (χ1v) is 8.03. The second-order valence-corrected chi connectivity index (χ2v) is 7.13. The van der Waals surface area contributed by atoms with Crippen molar-refractivity contribution in [3.05, 3.63) is 0 Å². The van der Waals surface area contributed by atoms with Crippen LogP contribution in [-0.2, 0) is 4.74 Å². The summed E-state index contributed by atoms with van der Waals surface area (Å²) in [6.45, 7) is 3.64. The van der Waals surface area contributed by atoms with E-state index in [1.165, 1.54) is 20.8 Å². The third-order valence-electron chi connectivity index (χ3n) is 5.34. The standard InChI is InChI=1S/C16H26F8O/c1-7-11(4,5)15(22,14(20,21)12(6,8-2)9-3)25-16(23,24)13(18,19)10-17/h7-10H2,1-6H3. The van der Waals surface area contributed by atoms with E-state index in [0.717, 1.165) is 20.8 Å². The summed E-state index contributed by atoms with van der Waals surface area (Å²) in [5.74, 6) is -14.5. The van der Waals surface area contributed by atoms with Crippen LogP contribution >= 0.6 is 0 Å². The van der Waals surface area contributed by atoms with E-state index >= 15 is 13.2 Å². The number of hydrogen-bond donors (Lipinski definition) is 0. The molecule has 0 amide bonds. The molecular formula is C16H26F8O. The maximum Gasteiger partial charge on any atom is 0.424 e. The molecule has 0 saturated carbocycles. The molecule has 0 saturated heterocycles. The molecule has 0 aromatic carbocycles. The molecule has 0 spiro atoms. The lowest BCUT2D eigenvalue weighted by molar-refractivity contribution is -0.466. The van der Waals surface area contributed by atoms with Gasteiger partial charge in [0.25, 0.3) is 5.85 Å². The van der Waals surface area contributed by atoms with Gasteiger partial charge in [0.1, 0.15) is 0 Å². The van der Waals surface area contributed by atoms with Crippen LogP contribution in [0.2, 0.25) is 0 Å². The highest BCUT2D eigenvalue weighted by atomic mass is 19.3. The highest BCUT2D eigenvalue weighted by Crippen LogP contribution is 2.60. The number of ether oxygens (including phenoxy) is 1. The Balaban J connectivity index is 6.46. The van der Waals surface area contributed by atoms with Crippen LogP contribution in [0.15, 0.2) is 0 Å². The van der Waals surface area contributed by atoms with Gasteiger partial charge in [0.15, 0.2) is 6.67 Å². The third kappa shape index (κ3) is 3.76. The van der Waals surface area contributed by atoms with E-state index in [0.29, 0.717) is 0 Å². The average Bonchev–Trinajstić information content (AvgIpc) is 2.52. The van der Waals surface area contributed by atoms with Gasteiger partial charge in [-0.2, -0.15) is 26.3 Å². The van der Waals surface area contributed by atoms with Crippen molar-refractivity contribution < 1.29 is 39.9 Å². The van der Waals surface area contributed by atoms with Crippen molar-refractivity contribution in [2.75, 3.05) is 6.67 Å². The normalized spacial score (nSPS) is 17.5. The van der Waals surface area contributed by atoms with Gasteiger partial charge in [-0.15, -0.1) is 0 Å². The summed E-state index contributed by atoms with van der Waals surface area (Å²) < 4.78 is 115. The van der Waals surface area contributed by atoms with Crippen molar-refractivity contribution in [1.29, 1.82) is 0 Å². The van der Waals surface area contributed by atoms with Crippen LogP contribution in [0, 0.1) is 10.8 Å². The van der Waals surface area contributed by atoms with Gasteiger partial charge >= 0.3 is 18.0 Å². The monoisotopic (exact) mass is 386 g/mol. The fraction of sp³-hybridized carbons (Fsp3) is 1.00. The Morgan fingerprint density at radius 1 is 0.720 bits per heavy atom. The first kappa shape index (κ1) is 24.4. The quantitative estimate of drug-likeness (QED) is 0.377. The van der Waals surface area contributed by atoms with E-state index in [9.17, 15) is 22.0 Å². The molecule has 0 aromatic heterocycles. The van der Waals surface area contributed by atoms with E-state index in [2.05, 4.69) is 4.74 Å². The zero-order valence-corrected chi connectivity index (χ0v) is 15.3. The van der Waals surface area contributed by atoms with Gasteiger partial charge in [-0.05, 0) is 19.3 Å². The highest BCUT2D eigenvalue weighted by Gasteiger charge is 2.75. The lowest BCUT2D eigenvalue weighted by Crippen LogP contribution is -2.66. The SMILES string of the molecule is CCC(C)(C)C(F)(OC(F)(F)C(F)(F)CF)C(F)(F)C(C)(CC)CC. The molecule has 0 fully saturated rings. The van der Waals surface area contributed by atoms with Gasteiger partial charge < -0.3 is 0 Å². The Labute approximate surface area is 143 Å². The van der Waals surface area contributed by atoms with Crippen LogP contribution in [-0.4, -0.2) is 30.5 Å². The van der Waals surface area contributed by atoms with Crippen LogP contribution in [0.3, 0.4) is 0 Å². The Bertz CT molecular complexity index is 445. The summed E-state index contributed by atoms with van der Waals surface area (Å²) in [7, 11) is 0. The van der Waals surface area contributed by atoms with Crippen molar-refractivity contribution in [2.24, 2.45) is 10.8 Å². The topological polar surface area (TPSA) is 9.23 Å². The minimum Gasteiger partial charge on any atom is -0.271 e. The summed E-state index contributed by atoms with van der Waals surface area (Å²) in [6.07, 6.45) is -6.82. The summed E-state index contributed by atoms with van der Waals surface area (Å²) in [6, 6.07) is 0. The molecule has 1 unspecified atom stereocenters. The number of hydrogen-bond acceptors (Lipinski definition) is 1. The minimum absolute atomic E-state index is 0.323. The zero-order chi connectivity index (χ0) is 20.5. The van der Waals surface area contributed by atoms with Crippen molar-refractivity contribution in [1.82, 2.24) is 0 Å². The molecule has 0 bridgehead atoms. The van der Waals surface area contributed by atoms with Gasteiger partial charge in [0, 0.05) is 10.8 Å². The zero-order valence-electron chi connectivity index (χ0n) is 15.3. The molecule has 152 valence electrons. The molecule has 25 heavy (non-hydrogen) atoms. The molecule has 0 radical (unpaired) electrons. The van der Waals surface area contributed by atoms with Crippen molar-refractivity contribution in [3.8, 4) is 0 Å². The van der Waals surface area contributed by atoms with Crippen LogP contribution in [0.4, 0.5) is 35.1 Å². The minimum atomic E-state index is -5.76. The summed E-state index contributed by atoms with van der Waals surface area (Å²) in [5, 5.41) is 0. The van der Waals surface area contributed by atoms with Crippen LogP contribution in [0.5, 0.6) is 0 Å². The van der Waals surface area contributed by atoms with Crippen LogP contribution in [0.1, 0.15) is 60.8 Å². The fourth-order valence-electron chi connectivity index (χ4n) is 2.27. The van der Waals surface area contributed by atoms with Crippen LogP contribution < -0.4 is 0 Å². The molecule has 0 aliphatic heterocycles. The number of rotatable bonds is 10. The Morgan fingerprint density at radius 3 is 1.40 bits per heavy atom. The van der Waals surface area contributed by atoms with Crippen molar-refractivity contribution >= 4 is 0 Å². The predicted molar refractivity (Wildman–Crippen MR) is 78.5 cm³/mol. The average molecular weight is 386 g/mol. The summed E-state index contributed by atoms with van der Waals surface area (Å²) >= 11 is 0. The molecule has 1 atom stereocenters. The van der Waals surface area contributed by atoms with E-state index in [1.807, 2.05) is 0 Å². The van der Waals surface area contributed by atoms with E-state index in [4.69, 9.17) is 0 Å². The number of alkyl halides is 8. The van der Waals surface area contributed by atoms with E-state index in [-0.39, 0.29) is 12.8 Å². The first-order chi connectivity index (χ1) is 10.9. The molecule has 9 heteroatoms. The summed E-state index contributed by atoms with van der Waals surface area (Å²) in [5.41, 5.74) is -4.41. The van der Waals surface area contributed by atoms with Gasteiger partial charge in [-0.3, -0.25) is 4.74 Å². The molecule has 0 aliphatic carbocycles. The fourth-order valence-corrected chi connectivity index (χ4v) is 2.27. The Hall–Kier alpha value is -0.600. The lowest BCUT2D eigenvalue weighted by Gasteiger charge is -2.51. The predicted octanol–water partition coefficient (Wildman–Crippen LogP) is 6.76. The third-order valence-corrected chi connectivity index (χ3v) is 5.34. The highest BCUT2D eigenvalue weighted by molar-refractivity contribution is 5.05. The molecule has 0 aromatic rings. The maximum absolute atomic E-state index is 15.5. The number of halogens is 8. The second-order valence-electron chi connectivity index (χ2n) is 7.13. The van der Waals surface area contributed by atoms with Gasteiger partial charge in [0.05, 0.1) is 0 Å². The molecule has 0 N–H and O–H groups in total. The molecular weight excluding hydrogens is 360 g/mol. The van der Waals surface area contributed by atoms with E-state index < -0.39 is 47.7 Å². The van der Waals surface area contributed by atoms with Crippen molar-refractivity contribution in [2.45, 2.75) is 84.6 Å². The molecule has 1 nitrogen and oxygen atoms in total. The van der Waals surface area contributed by atoms with Crippen molar-refractivity contribution in [3.63, 3.8) is 0 Å².